The lowest BCUT2D eigenvalue weighted by molar-refractivity contribution is -0.141. The molecule has 1 rings (SSSR count). The summed E-state index contributed by atoms with van der Waals surface area (Å²) in [5, 5.41) is 5.34. The Hall–Kier alpha value is -1.08. The van der Waals surface area contributed by atoms with Crippen molar-refractivity contribution < 1.29 is 18.0 Å². The predicted octanol–water partition coefficient (Wildman–Crippen LogP) is 0.861. The number of alkyl halides is 3. The maximum absolute atomic E-state index is 12.0. The summed E-state index contributed by atoms with van der Waals surface area (Å²) < 4.78 is 36.0. The van der Waals surface area contributed by atoms with Gasteiger partial charge in [-0.3, -0.25) is 5.10 Å². The van der Waals surface area contributed by atoms with Crippen LogP contribution in [0.1, 0.15) is 11.4 Å². The second-order valence-electron chi connectivity index (χ2n) is 2.40. The zero-order chi connectivity index (χ0) is 9.90. The van der Waals surface area contributed by atoms with Crippen molar-refractivity contribution in [3.63, 3.8) is 0 Å². The van der Waals surface area contributed by atoms with Crippen LogP contribution in [0.2, 0.25) is 0 Å². The Morgan fingerprint density at radius 3 is 2.69 bits per heavy atom. The first-order valence-electron chi connectivity index (χ1n) is 3.47. The second-order valence-corrected chi connectivity index (χ2v) is 2.40. The van der Waals surface area contributed by atoms with E-state index < -0.39 is 11.9 Å². The fourth-order valence-corrected chi connectivity index (χ4v) is 0.804. The molecule has 1 heterocycles. The summed E-state index contributed by atoms with van der Waals surface area (Å²) >= 11 is 0. The quantitative estimate of drug-likeness (QED) is 0.703. The number of nitrogens with one attached hydrogen (secondary N) is 1. The van der Waals surface area contributed by atoms with Crippen molar-refractivity contribution in [3.05, 3.63) is 17.5 Å². The Morgan fingerprint density at radius 1 is 1.54 bits per heavy atom. The monoisotopic (exact) mass is 195 g/mol. The van der Waals surface area contributed by atoms with E-state index in [1.165, 1.54) is 0 Å². The van der Waals surface area contributed by atoms with Gasteiger partial charge in [0.2, 0.25) is 0 Å². The highest BCUT2D eigenvalue weighted by atomic mass is 19.4. The van der Waals surface area contributed by atoms with E-state index in [-0.39, 0.29) is 13.0 Å². The molecule has 1 aromatic rings. The van der Waals surface area contributed by atoms with E-state index >= 15 is 0 Å². The van der Waals surface area contributed by atoms with E-state index in [0.29, 0.717) is 5.69 Å². The molecule has 3 N–H and O–H groups in total. The van der Waals surface area contributed by atoms with Crippen molar-refractivity contribution >= 4 is 0 Å². The second kappa shape index (κ2) is 3.75. The molecular formula is C6H8F3N3O. The average molecular weight is 195 g/mol. The summed E-state index contributed by atoms with van der Waals surface area (Å²) in [6, 6.07) is 0.930. The van der Waals surface area contributed by atoms with Gasteiger partial charge in [-0.1, -0.05) is 0 Å². The number of hydrogen-bond donors (Lipinski definition) is 2. The summed E-state index contributed by atoms with van der Waals surface area (Å²) in [6.07, 6.45) is -4.13. The van der Waals surface area contributed by atoms with Crippen molar-refractivity contribution in [2.45, 2.75) is 12.6 Å². The molecule has 0 aromatic carbocycles. The standard InChI is InChI=1S/C6H8F3N3O/c7-6(8,9)5-3-4(11-12-5)1-2-13-10/h3H,1-2,10H2,(H,11,12). The minimum atomic E-state index is -4.40. The molecule has 0 saturated carbocycles. The van der Waals surface area contributed by atoms with Crippen LogP contribution in [0, 0.1) is 0 Å². The van der Waals surface area contributed by atoms with Gasteiger partial charge in [-0.05, 0) is 6.07 Å². The minimum Gasteiger partial charge on any atom is -0.304 e. The highest BCUT2D eigenvalue weighted by molar-refractivity contribution is 5.11. The van der Waals surface area contributed by atoms with Crippen LogP contribution in [0.25, 0.3) is 0 Å². The van der Waals surface area contributed by atoms with Crippen molar-refractivity contribution in [3.8, 4) is 0 Å². The first kappa shape index (κ1) is 10.0. The predicted molar refractivity (Wildman–Crippen MR) is 37.4 cm³/mol. The molecule has 0 radical (unpaired) electrons. The fraction of sp³-hybridized carbons (Fsp3) is 0.500. The van der Waals surface area contributed by atoms with Gasteiger partial charge in [0.05, 0.1) is 6.61 Å². The van der Waals surface area contributed by atoms with Crippen molar-refractivity contribution in [2.75, 3.05) is 6.61 Å². The van der Waals surface area contributed by atoms with Crippen LogP contribution in [-0.4, -0.2) is 16.8 Å². The first-order valence-corrected chi connectivity index (χ1v) is 3.47. The van der Waals surface area contributed by atoms with Gasteiger partial charge >= 0.3 is 6.18 Å². The number of halogens is 3. The van der Waals surface area contributed by atoms with Crippen LogP contribution in [-0.2, 0) is 17.4 Å². The number of hydrogen-bond acceptors (Lipinski definition) is 3. The number of rotatable bonds is 3. The molecule has 0 saturated heterocycles. The molecule has 0 spiro atoms. The number of aromatic nitrogens is 2. The zero-order valence-electron chi connectivity index (χ0n) is 6.56. The SMILES string of the molecule is NOCCc1cc(C(F)(F)F)n[nH]1. The summed E-state index contributed by atoms with van der Waals surface area (Å²) in [7, 11) is 0. The number of nitrogens with two attached hydrogens (primary N) is 1. The smallest absolute Gasteiger partial charge is 0.304 e. The lowest BCUT2D eigenvalue weighted by atomic mass is 10.3. The van der Waals surface area contributed by atoms with Crippen LogP contribution in [0.4, 0.5) is 13.2 Å². The van der Waals surface area contributed by atoms with Gasteiger partial charge in [0.25, 0.3) is 0 Å². The molecule has 0 atom stereocenters. The van der Waals surface area contributed by atoms with E-state index in [4.69, 9.17) is 5.90 Å². The van der Waals surface area contributed by atoms with E-state index in [9.17, 15) is 13.2 Å². The molecule has 1 aromatic heterocycles. The van der Waals surface area contributed by atoms with E-state index in [1.807, 2.05) is 0 Å². The highest BCUT2D eigenvalue weighted by Gasteiger charge is 2.33. The van der Waals surface area contributed by atoms with Gasteiger partial charge in [0.1, 0.15) is 0 Å². The molecule has 13 heavy (non-hydrogen) atoms. The number of nitrogens with zero attached hydrogens (tertiary/aromatic N) is 1. The molecule has 0 aliphatic carbocycles. The first-order chi connectivity index (χ1) is 6.04. The van der Waals surface area contributed by atoms with Gasteiger partial charge in [0, 0.05) is 12.1 Å². The Morgan fingerprint density at radius 2 is 2.23 bits per heavy atom. The van der Waals surface area contributed by atoms with Crippen molar-refractivity contribution in [1.82, 2.24) is 10.2 Å². The molecule has 0 unspecified atom stereocenters. The molecule has 0 fully saturated rings. The third-order valence-corrected chi connectivity index (χ3v) is 1.41. The average Bonchev–Trinajstić information content (AvgIpc) is 2.47. The van der Waals surface area contributed by atoms with E-state index in [0.717, 1.165) is 6.07 Å². The van der Waals surface area contributed by atoms with Crippen LogP contribution in [0.5, 0.6) is 0 Å². The summed E-state index contributed by atoms with van der Waals surface area (Å²) in [6.45, 7) is 0.152. The topological polar surface area (TPSA) is 63.9 Å². The third kappa shape index (κ3) is 2.71. The zero-order valence-corrected chi connectivity index (χ0v) is 6.56. The van der Waals surface area contributed by atoms with Gasteiger partial charge in [0.15, 0.2) is 5.69 Å². The molecule has 0 bridgehead atoms. The maximum atomic E-state index is 12.0. The lowest BCUT2D eigenvalue weighted by Crippen LogP contribution is -2.05. The van der Waals surface area contributed by atoms with Crippen LogP contribution >= 0.6 is 0 Å². The van der Waals surface area contributed by atoms with Gasteiger partial charge in [-0.25, -0.2) is 5.90 Å². The van der Waals surface area contributed by atoms with E-state index in [1.54, 1.807) is 0 Å². The normalized spacial score (nSPS) is 12.0. The van der Waals surface area contributed by atoms with Crippen molar-refractivity contribution in [1.29, 1.82) is 0 Å². The van der Waals surface area contributed by atoms with Gasteiger partial charge in [-0.15, -0.1) is 0 Å². The maximum Gasteiger partial charge on any atom is 0.435 e. The van der Waals surface area contributed by atoms with Gasteiger partial charge < -0.3 is 4.84 Å². The molecule has 0 aliphatic rings. The Labute approximate surface area is 71.8 Å². The highest BCUT2D eigenvalue weighted by Crippen LogP contribution is 2.27. The molecular weight excluding hydrogens is 187 g/mol. The Balaban J connectivity index is 2.64. The number of aromatic amines is 1. The van der Waals surface area contributed by atoms with E-state index in [2.05, 4.69) is 15.0 Å². The van der Waals surface area contributed by atoms with Crippen LogP contribution < -0.4 is 5.90 Å². The summed E-state index contributed by atoms with van der Waals surface area (Å²) in [5.74, 6) is 4.71. The van der Waals surface area contributed by atoms with Gasteiger partial charge in [-0.2, -0.15) is 18.3 Å². The third-order valence-electron chi connectivity index (χ3n) is 1.41. The molecule has 74 valence electrons. The molecule has 7 heteroatoms. The van der Waals surface area contributed by atoms with Crippen LogP contribution in [0.3, 0.4) is 0 Å². The molecule has 4 nitrogen and oxygen atoms in total. The summed E-state index contributed by atoms with van der Waals surface area (Å²) in [5.41, 5.74) is -0.586. The lowest BCUT2D eigenvalue weighted by Gasteiger charge is -1.98. The molecule has 0 aliphatic heterocycles. The minimum absolute atomic E-state index is 0.152. The fourth-order valence-electron chi connectivity index (χ4n) is 0.804. The van der Waals surface area contributed by atoms with Crippen molar-refractivity contribution in [2.24, 2.45) is 5.90 Å². The summed E-state index contributed by atoms with van der Waals surface area (Å²) in [4.78, 5) is 4.21. The number of H-pyrrole nitrogens is 1. The van der Waals surface area contributed by atoms with Crippen LogP contribution in [0.15, 0.2) is 6.07 Å². The Kier molecular flexibility index (Phi) is 2.89. The Bertz CT molecular complexity index is 270. The molecule has 0 amide bonds. The largest absolute Gasteiger partial charge is 0.435 e.